The molecule has 0 N–H and O–H groups in total. The van der Waals surface area contributed by atoms with E-state index in [1.54, 1.807) is 34.9 Å². The van der Waals surface area contributed by atoms with E-state index in [0.29, 0.717) is 30.8 Å². The van der Waals surface area contributed by atoms with Gasteiger partial charge in [-0.1, -0.05) is 18.2 Å². The summed E-state index contributed by atoms with van der Waals surface area (Å²) in [6.07, 6.45) is 0.612. The second-order valence-electron chi connectivity index (χ2n) is 5.59. The maximum atomic E-state index is 13.9. The van der Waals surface area contributed by atoms with Crippen molar-refractivity contribution in [3.63, 3.8) is 0 Å². The molecule has 126 valence electrons. The van der Waals surface area contributed by atoms with Crippen molar-refractivity contribution < 1.29 is 18.0 Å². The number of hydrogen-bond donors (Lipinski definition) is 0. The van der Waals surface area contributed by atoms with E-state index in [2.05, 4.69) is 0 Å². The lowest BCUT2D eigenvalue weighted by molar-refractivity contribution is 0.0766. The predicted molar refractivity (Wildman–Crippen MR) is 88.5 cm³/mol. The summed E-state index contributed by atoms with van der Waals surface area (Å²) in [5.41, 5.74) is 0.771. The van der Waals surface area contributed by atoms with Crippen LogP contribution in [0.3, 0.4) is 0 Å². The molecule has 1 fully saturated rings. The van der Waals surface area contributed by atoms with Gasteiger partial charge in [0.15, 0.2) is 11.6 Å². The van der Waals surface area contributed by atoms with Crippen LogP contribution in [0, 0.1) is 17.5 Å². The van der Waals surface area contributed by atoms with E-state index in [1.165, 1.54) is 12.1 Å². The van der Waals surface area contributed by atoms with Gasteiger partial charge >= 0.3 is 0 Å². The third-order valence-electron chi connectivity index (χ3n) is 4.05. The highest BCUT2D eigenvalue weighted by atomic mass is 32.2. The lowest BCUT2D eigenvalue weighted by Crippen LogP contribution is -2.33. The molecule has 2 nitrogen and oxygen atoms in total. The normalized spacial score (nSPS) is 18.3. The second kappa shape index (κ2) is 7.30. The van der Waals surface area contributed by atoms with Crippen LogP contribution in [-0.2, 0) is 0 Å². The fourth-order valence-electron chi connectivity index (χ4n) is 2.77. The molecule has 0 bridgehead atoms. The molecule has 24 heavy (non-hydrogen) atoms. The van der Waals surface area contributed by atoms with E-state index in [1.807, 2.05) is 0 Å². The number of amides is 1. The average molecular weight is 351 g/mol. The first-order valence-electron chi connectivity index (χ1n) is 7.66. The number of benzene rings is 2. The Morgan fingerprint density at radius 3 is 2.54 bits per heavy atom. The van der Waals surface area contributed by atoms with Gasteiger partial charge in [-0.25, -0.2) is 13.2 Å². The van der Waals surface area contributed by atoms with E-state index >= 15 is 0 Å². The van der Waals surface area contributed by atoms with Gasteiger partial charge in [-0.3, -0.25) is 4.79 Å². The Hall–Kier alpha value is -1.95. The van der Waals surface area contributed by atoms with Crippen LogP contribution in [0.15, 0.2) is 42.5 Å². The first kappa shape index (κ1) is 16.9. The van der Waals surface area contributed by atoms with E-state index in [9.17, 15) is 18.0 Å². The summed E-state index contributed by atoms with van der Waals surface area (Å²) in [6, 6.07) is 9.81. The van der Waals surface area contributed by atoms with E-state index in [-0.39, 0.29) is 22.5 Å². The fraction of sp³-hybridized carbons (Fsp3) is 0.278. The summed E-state index contributed by atoms with van der Waals surface area (Å²) >= 11 is 1.61. The second-order valence-corrected chi connectivity index (χ2v) is 6.90. The van der Waals surface area contributed by atoms with Crippen molar-refractivity contribution in [2.45, 2.75) is 11.7 Å². The van der Waals surface area contributed by atoms with Crippen LogP contribution in [0.25, 0.3) is 0 Å². The van der Waals surface area contributed by atoms with Gasteiger partial charge in [-0.15, -0.1) is 0 Å². The summed E-state index contributed by atoms with van der Waals surface area (Å²) in [5, 5.41) is -0.0195. The highest BCUT2D eigenvalue weighted by molar-refractivity contribution is 7.99. The molecule has 1 saturated heterocycles. The van der Waals surface area contributed by atoms with E-state index < -0.39 is 11.6 Å². The van der Waals surface area contributed by atoms with Crippen molar-refractivity contribution in [3.8, 4) is 0 Å². The molecule has 0 aromatic heterocycles. The van der Waals surface area contributed by atoms with Crippen molar-refractivity contribution in [3.05, 3.63) is 71.0 Å². The molecule has 0 radical (unpaired) electrons. The summed E-state index contributed by atoms with van der Waals surface area (Å²) in [7, 11) is 0. The molecular weight excluding hydrogens is 335 g/mol. The lowest BCUT2D eigenvalue weighted by atomic mass is 10.1. The number of thioether (sulfide) groups is 1. The zero-order chi connectivity index (χ0) is 17.1. The Bertz CT molecular complexity index is 753. The maximum Gasteiger partial charge on any atom is 0.253 e. The van der Waals surface area contributed by atoms with Crippen LogP contribution in [0.1, 0.15) is 27.6 Å². The van der Waals surface area contributed by atoms with Gasteiger partial charge in [0.25, 0.3) is 5.91 Å². The van der Waals surface area contributed by atoms with Gasteiger partial charge in [-0.2, -0.15) is 11.8 Å². The Morgan fingerprint density at radius 1 is 1.00 bits per heavy atom. The molecule has 2 aromatic carbocycles. The van der Waals surface area contributed by atoms with Gasteiger partial charge in [0.1, 0.15) is 5.82 Å². The molecule has 1 unspecified atom stereocenters. The highest BCUT2D eigenvalue weighted by Gasteiger charge is 2.24. The van der Waals surface area contributed by atoms with E-state index in [0.717, 1.165) is 12.1 Å². The van der Waals surface area contributed by atoms with Gasteiger partial charge in [-0.05, 0) is 30.7 Å². The molecule has 1 aliphatic heterocycles. The summed E-state index contributed by atoms with van der Waals surface area (Å²) in [6.45, 7) is 0.942. The molecule has 1 amide bonds. The zero-order valence-corrected chi connectivity index (χ0v) is 13.7. The number of rotatable bonds is 2. The minimum atomic E-state index is -1.03. The molecule has 1 aliphatic rings. The molecule has 6 heteroatoms. The molecule has 2 aromatic rings. The number of halogens is 3. The summed E-state index contributed by atoms with van der Waals surface area (Å²) < 4.78 is 40.3. The average Bonchev–Trinajstić information content (AvgIpc) is 2.83. The molecule has 0 spiro atoms. The van der Waals surface area contributed by atoms with Crippen LogP contribution in [0.4, 0.5) is 13.2 Å². The van der Waals surface area contributed by atoms with Gasteiger partial charge in [0.05, 0.1) is 0 Å². The molecule has 3 rings (SSSR count). The molecule has 0 saturated carbocycles. The van der Waals surface area contributed by atoms with Crippen molar-refractivity contribution in [1.29, 1.82) is 0 Å². The third-order valence-corrected chi connectivity index (χ3v) is 5.36. The fourth-order valence-corrected chi connectivity index (χ4v) is 4.02. The van der Waals surface area contributed by atoms with Crippen LogP contribution < -0.4 is 0 Å². The maximum absolute atomic E-state index is 13.9. The molecule has 1 atom stereocenters. The summed E-state index contributed by atoms with van der Waals surface area (Å²) in [5.74, 6) is -1.92. The minimum Gasteiger partial charge on any atom is -0.338 e. The third kappa shape index (κ3) is 3.59. The van der Waals surface area contributed by atoms with Gasteiger partial charge < -0.3 is 4.90 Å². The Labute approximate surface area is 142 Å². The van der Waals surface area contributed by atoms with Crippen molar-refractivity contribution in [2.75, 3.05) is 18.8 Å². The Kier molecular flexibility index (Phi) is 5.14. The van der Waals surface area contributed by atoms with Crippen molar-refractivity contribution in [1.82, 2.24) is 4.90 Å². The predicted octanol–water partition coefficient (Wildman–Crippen LogP) is 4.42. The van der Waals surface area contributed by atoms with Crippen LogP contribution in [-0.4, -0.2) is 29.6 Å². The topological polar surface area (TPSA) is 20.3 Å². The van der Waals surface area contributed by atoms with Crippen molar-refractivity contribution in [2.24, 2.45) is 0 Å². The van der Waals surface area contributed by atoms with Crippen LogP contribution >= 0.6 is 11.8 Å². The number of carbonyl (C=O) groups excluding carboxylic acids is 1. The number of carbonyl (C=O) groups is 1. The largest absolute Gasteiger partial charge is 0.338 e. The molecule has 1 heterocycles. The van der Waals surface area contributed by atoms with Gasteiger partial charge in [0, 0.05) is 35.2 Å². The minimum absolute atomic E-state index is 0.0195. The first-order chi connectivity index (χ1) is 11.6. The number of hydrogen-bond acceptors (Lipinski definition) is 2. The van der Waals surface area contributed by atoms with Gasteiger partial charge in [0.2, 0.25) is 0 Å². The summed E-state index contributed by atoms with van der Waals surface area (Å²) in [4.78, 5) is 14.1. The van der Waals surface area contributed by atoms with Crippen LogP contribution in [0.5, 0.6) is 0 Å². The quantitative estimate of drug-likeness (QED) is 0.798. The first-order valence-corrected chi connectivity index (χ1v) is 8.71. The van der Waals surface area contributed by atoms with Crippen LogP contribution in [0.2, 0.25) is 0 Å². The Balaban J connectivity index is 1.72. The smallest absolute Gasteiger partial charge is 0.253 e. The van der Waals surface area contributed by atoms with E-state index in [4.69, 9.17) is 0 Å². The lowest BCUT2D eigenvalue weighted by Gasteiger charge is -2.20. The Morgan fingerprint density at radius 2 is 1.79 bits per heavy atom. The molecule has 0 aliphatic carbocycles. The van der Waals surface area contributed by atoms with Crippen molar-refractivity contribution >= 4 is 17.7 Å². The number of nitrogens with zero attached hydrogens (tertiary/aromatic N) is 1. The SMILES string of the molecule is O=C(c1ccc(F)c(F)c1)N1CCSC(c2ccccc2F)CC1. The zero-order valence-electron chi connectivity index (χ0n) is 12.8. The monoisotopic (exact) mass is 351 g/mol. The highest BCUT2D eigenvalue weighted by Crippen LogP contribution is 2.35. The molecular formula is C18H16F3NOS. The standard InChI is InChI=1S/C18H16F3NOS/c19-14-4-2-1-3-13(14)17-7-8-22(9-10-24-17)18(23)12-5-6-15(20)16(21)11-12/h1-6,11,17H,7-10H2.